The van der Waals surface area contributed by atoms with Crippen LogP contribution in [0.25, 0.3) is 11.3 Å². The number of rotatable bonds is 3. The molecule has 0 spiro atoms. The maximum atomic E-state index is 13.0. The SMILES string of the molecule is CCN(C(=O)c1sc(C)nc1C)c1nc2c(s1)CCc1c-2cnn1C. The van der Waals surface area contributed by atoms with Gasteiger partial charge in [0.2, 0.25) is 0 Å². The molecule has 0 atom stereocenters. The number of hydrogen-bond acceptors (Lipinski definition) is 6. The second-order valence-electron chi connectivity index (χ2n) is 6.09. The van der Waals surface area contributed by atoms with E-state index < -0.39 is 0 Å². The van der Waals surface area contributed by atoms with Gasteiger partial charge in [-0.3, -0.25) is 14.4 Å². The largest absolute Gasteiger partial charge is 0.284 e. The number of amides is 1. The molecule has 0 aromatic carbocycles. The zero-order chi connectivity index (χ0) is 17.7. The summed E-state index contributed by atoms with van der Waals surface area (Å²) in [7, 11) is 1.97. The maximum Gasteiger partial charge on any atom is 0.272 e. The summed E-state index contributed by atoms with van der Waals surface area (Å²) in [6.07, 6.45) is 3.79. The van der Waals surface area contributed by atoms with E-state index in [0.717, 1.165) is 39.9 Å². The van der Waals surface area contributed by atoms with Crippen LogP contribution in [0.4, 0.5) is 5.13 Å². The number of anilines is 1. The Morgan fingerprint density at radius 3 is 2.76 bits per heavy atom. The molecule has 8 heteroatoms. The third kappa shape index (κ3) is 2.60. The predicted molar refractivity (Wildman–Crippen MR) is 101 cm³/mol. The minimum Gasteiger partial charge on any atom is -0.284 e. The Balaban J connectivity index is 1.73. The van der Waals surface area contributed by atoms with Crippen LogP contribution in [0, 0.1) is 13.8 Å². The first kappa shape index (κ1) is 16.4. The first-order valence-corrected chi connectivity index (χ1v) is 9.89. The van der Waals surface area contributed by atoms with Crippen LogP contribution in [0.1, 0.15) is 37.9 Å². The minimum atomic E-state index is -0.0110. The summed E-state index contributed by atoms with van der Waals surface area (Å²) < 4.78 is 1.92. The van der Waals surface area contributed by atoms with E-state index in [9.17, 15) is 4.79 Å². The van der Waals surface area contributed by atoms with Crippen molar-refractivity contribution in [1.29, 1.82) is 0 Å². The van der Waals surface area contributed by atoms with Gasteiger partial charge in [-0.2, -0.15) is 5.10 Å². The van der Waals surface area contributed by atoms with Crippen molar-refractivity contribution in [3.63, 3.8) is 0 Å². The molecular weight excluding hydrogens is 354 g/mol. The fraction of sp³-hybridized carbons (Fsp3) is 0.412. The van der Waals surface area contributed by atoms with E-state index in [1.54, 1.807) is 16.2 Å². The van der Waals surface area contributed by atoms with E-state index in [1.807, 2.05) is 38.7 Å². The molecule has 4 rings (SSSR count). The molecule has 3 aromatic heterocycles. The average molecular weight is 374 g/mol. The zero-order valence-corrected chi connectivity index (χ0v) is 16.3. The van der Waals surface area contributed by atoms with Crippen LogP contribution in [-0.4, -0.2) is 32.2 Å². The normalized spacial score (nSPS) is 12.8. The van der Waals surface area contributed by atoms with E-state index in [4.69, 9.17) is 4.98 Å². The number of nitrogens with zero attached hydrogens (tertiary/aromatic N) is 5. The highest BCUT2D eigenvalue weighted by Gasteiger charge is 2.28. The molecule has 0 N–H and O–H groups in total. The van der Waals surface area contributed by atoms with Gasteiger partial charge in [-0.15, -0.1) is 22.7 Å². The van der Waals surface area contributed by atoms with Gasteiger partial charge < -0.3 is 0 Å². The molecule has 1 aliphatic rings. The van der Waals surface area contributed by atoms with Crippen LogP contribution in [0.15, 0.2) is 6.20 Å². The topological polar surface area (TPSA) is 63.9 Å². The van der Waals surface area contributed by atoms with Crippen LogP contribution in [0.2, 0.25) is 0 Å². The van der Waals surface area contributed by atoms with Gasteiger partial charge in [0, 0.05) is 29.7 Å². The van der Waals surface area contributed by atoms with Crippen molar-refractivity contribution in [3.8, 4) is 11.3 Å². The standard InChI is InChI=1S/C17H19N5OS2/c1-5-22(16(23)15-9(2)19-10(3)24-15)17-20-14-11-8-18-21(4)12(11)6-7-13(14)25-17/h8H,5-7H2,1-4H3. The van der Waals surface area contributed by atoms with E-state index in [1.165, 1.54) is 21.9 Å². The quantitative estimate of drug-likeness (QED) is 0.706. The second kappa shape index (κ2) is 6.03. The summed E-state index contributed by atoms with van der Waals surface area (Å²) in [6, 6.07) is 0. The first-order valence-electron chi connectivity index (χ1n) is 8.26. The lowest BCUT2D eigenvalue weighted by Gasteiger charge is -2.16. The van der Waals surface area contributed by atoms with Crippen molar-refractivity contribution in [2.75, 3.05) is 11.4 Å². The Morgan fingerprint density at radius 2 is 2.08 bits per heavy atom. The maximum absolute atomic E-state index is 13.0. The molecule has 6 nitrogen and oxygen atoms in total. The van der Waals surface area contributed by atoms with Crippen LogP contribution in [-0.2, 0) is 19.9 Å². The Morgan fingerprint density at radius 1 is 1.28 bits per heavy atom. The van der Waals surface area contributed by atoms with Gasteiger partial charge in [-0.25, -0.2) is 9.97 Å². The van der Waals surface area contributed by atoms with E-state index in [-0.39, 0.29) is 5.91 Å². The first-order chi connectivity index (χ1) is 12.0. The van der Waals surface area contributed by atoms with Crippen molar-refractivity contribution < 1.29 is 4.79 Å². The van der Waals surface area contributed by atoms with Gasteiger partial charge in [0.05, 0.1) is 22.6 Å². The highest BCUT2D eigenvalue weighted by Crippen LogP contribution is 2.39. The Bertz CT molecular complexity index is 968. The van der Waals surface area contributed by atoms with Crippen LogP contribution >= 0.6 is 22.7 Å². The molecule has 130 valence electrons. The van der Waals surface area contributed by atoms with Crippen LogP contribution in [0.5, 0.6) is 0 Å². The fourth-order valence-electron chi connectivity index (χ4n) is 3.24. The Labute approximate surface area is 154 Å². The summed E-state index contributed by atoms with van der Waals surface area (Å²) in [5, 5.41) is 6.04. The highest BCUT2D eigenvalue weighted by molar-refractivity contribution is 7.16. The van der Waals surface area contributed by atoms with Gasteiger partial charge in [-0.1, -0.05) is 0 Å². The van der Waals surface area contributed by atoms with Gasteiger partial charge >= 0.3 is 0 Å². The van der Waals surface area contributed by atoms with E-state index >= 15 is 0 Å². The third-order valence-electron chi connectivity index (χ3n) is 4.48. The number of carbonyl (C=O) groups excluding carboxylic acids is 1. The highest BCUT2D eigenvalue weighted by atomic mass is 32.1. The fourth-order valence-corrected chi connectivity index (χ4v) is 5.25. The number of thiazole rings is 2. The number of hydrogen-bond donors (Lipinski definition) is 0. The number of aromatic nitrogens is 4. The summed E-state index contributed by atoms with van der Waals surface area (Å²) in [6.45, 7) is 6.38. The molecule has 0 fully saturated rings. The van der Waals surface area contributed by atoms with Crippen LogP contribution < -0.4 is 4.90 Å². The summed E-state index contributed by atoms with van der Waals surface area (Å²) >= 11 is 3.07. The molecule has 25 heavy (non-hydrogen) atoms. The zero-order valence-electron chi connectivity index (χ0n) is 14.7. The summed E-state index contributed by atoms with van der Waals surface area (Å²) in [5.41, 5.74) is 4.09. The van der Waals surface area contributed by atoms with Gasteiger partial charge in [0.1, 0.15) is 4.88 Å². The summed E-state index contributed by atoms with van der Waals surface area (Å²) in [4.78, 5) is 25.9. The van der Waals surface area contributed by atoms with E-state index in [0.29, 0.717) is 11.4 Å². The molecular formula is C17H19N5OS2. The number of carbonyl (C=O) groups is 1. The third-order valence-corrected chi connectivity index (χ3v) is 6.68. The predicted octanol–water partition coefficient (Wildman–Crippen LogP) is 3.38. The lowest BCUT2D eigenvalue weighted by Crippen LogP contribution is -2.30. The van der Waals surface area contributed by atoms with Crippen molar-refractivity contribution in [2.24, 2.45) is 7.05 Å². The van der Waals surface area contributed by atoms with Gasteiger partial charge in [0.15, 0.2) is 5.13 Å². The lowest BCUT2D eigenvalue weighted by molar-refractivity contribution is 0.0991. The molecule has 3 heterocycles. The van der Waals surface area contributed by atoms with Crippen LogP contribution in [0.3, 0.4) is 0 Å². The van der Waals surface area contributed by atoms with Gasteiger partial charge in [0.25, 0.3) is 5.91 Å². The van der Waals surface area contributed by atoms with E-state index in [2.05, 4.69) is 10.1 Å². The Kier molecular flexibility index (Phi) is 3.96. The molecule has 1 amide bonds. The van der Waals surface area contributed by atoms with Crippen molar-refractivity contribution >= 4 is 33.7 Å². The number of fused-ring (bicyclic) bond motifs is 3. The molecule has 0 radical (unpaired) electrons. The molecule has 1 aliphatic carbocycles. The monoisotopic (exact) mass is 373 g/mol. The van der Waals surface area contributed by atoms with Gasteiger partial charge in [-0.05, 0) is 33.6 Å². The Hall–Kier alpha value is -2.06. The smallest absolute Gasteiger partial charge is 0.272 e. The lowest BCUT2D eigenvalue weighted by atomic mass is 10.0. The minimum absolute atomic E-state index is 0.0110. The van der Waals surface area contributed by atoms with Crippen molar-refractivity contribution in [3.05, 3.63) is 32.3 Å². The molecule has 0 unspecified atom stereocenters. The number of aryl methyl sites for hydroxylation is 4. The molecule has 0 saturated heterocycles. The molecule has 3 aromatic rings. The van der Waals surface area contributed by atoms with Crippen molar-refractivity contribution in [1.82, 2.24) is 19.7 Å². The second-order valence-corrected chi connectivity index (χ2v) is 8.36. The molecule has 0 bridgehead atoms. The average Bonchev–Trinajstić information content (AvgIpc) is 3.25. The van der Waals surface area contributed by atoms with Crippen molar-refractivity contribution in [2.45, 2.75) is 33.6 Å². The molecule has 0 saturated carbocycles. The molecule has 0 aliphatic heterocycles. The summed E-state index contributed by atoms with van der Waals surface area (Å²) in [5.74, 6) is -0.0110.